The normalized spacial score (nSPS) is 18.6. The largest absolute Gasteiger partial charge is 0.467 e. The molecule has 0 bridgehead atoms. The van der Waals surface area contributed by atoms with Crippen LogP contribution in [0.3, 0.4) is 0 Å². The van der Waals surface area contributed by atoms with Crippen molar-refractivity contribution in [3.8, 4) is 0 Å². The van der Waals surface area contributed by atoms with Crippen molar-refractivity contribution in [3.05, 3.63) is 59.0 Å². The third-order valence-corrected chi connectivity index (χ3v) is 5.59. The number of hydrogen-bond donors (Lipinski definition) is 0. The van der Waals surface area contributed by atoms with Gasteiger partial charge in [0.2, 0.25) is 5.91 Å². The van der Waals surface area contributed by atoms with E-state index in [9.17, 15) is 9.59 Å². The van der Waals surface area contributed by atoms with Gasteiger partial charge in [0.25, 0.3) is 5.91 Å². The minimum atomic E-state index is -0.154. The molecule has 154 valence electrons. The van der Waals surface area contributed by atoms with Crippen LogP contribution in [0.4, 0.5) is 0 Å². The van der Waals surface area contributed by atoms with E-state index in [1.54, 1.807) is 40.3 Å². The summed E-state index contributed by atoms with van der Waals surface area (Å²) in [6.45, 7) is 1.65. The number of halogens is 1. The van der Waals surface area contributed by atoms with Crippen LogP contribution in [-0.4, -0.2) is 53.5 Å². The van der Waals surface area contributed by atoms with Crippen molar-refractivity contribution in [2.24, 2.45) is 0 Å². The van der Waals surface area contributed by atoms with Crippen molar-refractivity contribution >= 4 is 23.4 Å². The quantitative estimate of drug-likeness (QED) is 0.657. The zero-order chi connectivity index (χ0) is 20.2. The Morgan fingerprint density at radius 1 is 1.14 bits per heavy atom. The van der Waals surface area contributed by atoms with E-state index in [0.29, 0.717) is 23.7 Å². The molecule has 0 unspecified atom stereocenters. The number of ether oxygens (including phenoxy) is 1. The van der Waals surface area contributed by atoms with Crippen molar-refractivity contribution in [2.45, 2.75) is 44.4 Å². The minimum Gasteiger partial charge on any atom is -0.467 e. The second-order valence-electron chi connectivity index (χ2n) is 7.66. The third-order valence-electron chi connectivity index (χ3n) is 5.35. The van der Waals surface area contributed by atoms with Crippen molar-refractivity contribution in [3.63, 3.8) is 0 Å². The molecule has 29 heavy (non-hydrogen) atoms. The maximum absolute atomic E-state index is 13.2. The molecular weight excluding hydrogens is 392 g/mol. The number of rotatable bonds is 8. The molecule has 0 N–H and O–H groups in total. The van der Waals surface area contributed by atoms with E-state index in [1.165, 1.54) is 0 Å². The lowest BCUT2D eigenvalue weighted by Gasteiger charge is -2.29. The van der Waals surface area contributed by atoms with Gasteiger partial charge in [-0.2, -0.15) is 0 Å². The minimum absolute atomic E-state index is 0.0342. The fourth-order valence-corrected chi connectivity index (χ4v) is 3.86. The smallest absolute Gasteiger partial charge is 0.254 e. The predicted molar refractivity (Wildman–Crippen MR) is 109 cm³/mol. The monoisotopic (exact) mass is 416 g/mol. The van der Waals surface area contributed by atoms with Gasteiger partial charge in [-0.15, -0.1) is 0 Å². The Balaban J connectivity index is 1.48. The standard InChI is InChI=1S/C22H25ClN2O4/c23-17-5-1-4-16(12-17)22(27)25(18-8-9-18)15-21(26)24(13-19-6-2-10-28-19)14-20-7-3-11-29-20/h1-2,4-6,10,12,18,20H,3,7-9,11,13-15H2/t20-/m1/s1. The summed E-state index contributed by atoms with van der Waals surface area (Å²) in [5.74, 6) is 0.466. The van der Waals surface area contributed by atoms with Crippen LogP contribution < -0.4 is 0 Å². The number of furan rings is 1. The van der Waals surface area contributed by atoms with E-state index in [-0.39, 0.29) is 30.5 Å². The second-order valence-corrected chi connectivity index (χ2v) is 8.10. The Kier molecular flexibility index (Phi) is 6.21. The van der Waals surface area contributed by atoms with Crippen molar-refractivity contribution in [1.82, 2.24) is 9.80 Å². The van der Waals surface area contributed by atoms with Crippen LogP contribution in [0.2, 0.25) is 5.02 Å². The topological polar surface area (TPSA) is 63.0 Å². The molecule has 1 saturated carbocycles. The molecule has 2 amide bonds. The summed E-state index contributed by atoms with van der Waals surface area (Å²) in [7, 11) is 0. The Morgan fingerprint density at radius 2 is 2.00 bits per heavy atom. The van der Waals surface area contributed by atoms with Gasteiger partial charge in [-0.25, -0.2) is 0 Å². The summed E-state index contributed by atoms with van der Waals surface area (Å²) in [5.41, 5.74) is 0.508. The van der Waals surface area contributed by atoms with E-state index < -0.39 is 0 Å². The summed E-state index contributed by atoms with van der Waals surface area (Å²) >= 11 is 6.05. The van der Waals surface area contributed by atoms with Crippen LogP contribution in [0, 0.1) is 0 Å². The first-order valence-corrected chi connectivity index (χ1v) is 10.5. The molecule has 1 atom stereocenters. The molecule has 2 heterocycles. The van der Waals surface area contributed by atoms with E-state index in [0.717, 1.165) is 38.1 Å². The number of hydrogen-bond acceptors (Lipinski definition) is 4. The Morgan fingerprint density at radius 3 is 2.66 bits per heavy atom. The Labute approximate surface area is 175 Å². The molecule has 1 aromatic carbocycles. The fraction of sp³-hybridized carbons (Fsp3) is 0.455. The van der Waals surface area contributed by atoms with E-state index >= 15 is 0 Å². The third kappa shape index (κ3) is 5.19. The molecule has 7 heteroatoms. The van der Waals surface area contributed by atoms with Gasteiger partial charge in [0.15, 0.2) is 0 Å². The Hall–Kier alpha value is -2.31. The second kappa shape index (κ2) is 9.01. The van der Waals surface area contributed by atoms with E-state index in [4.69, 9.17) is 20.8 Å². The number of carbonyl (C=O) groups excluding carboxylic acids is 2. The van der Waals surface area contributed by atoms with Gasteiger partial charge in [0.1, 0.15) is 12.3 Å². The Bertz CT molecular complexity index is 844. The highest BCUT2D eigenvalue weighted by molar-refractivity contribution is 6.31. The van der Waals surface area contributed by atoms with E-state index in [2.05, 4.69) is 0 Å². The molecule has 0 spiro atoms. The summed E-state index contributed by atoms with van der Waals surface area (Å²) in [6, 6.07) is 10.6. The lowest BCUT2D eigenvalue weighted by molar-refractivity contribution is -0.134. The SMILES string of the molecule is O=C(CN(C(=O)c1cccc(Cl)c1)C1CC1)N(Cc1ccco1)C[C@H]1CCCO1. The molecule has 2 fully saturated rings. The molecule has 1 aliphatic carbocycles. The number of nitrogens with zero attached hydrogens (tertiary/aromatic N) is 2. The summed E-state index contributed by atoms with van der Waals surface area (Å²) < 4.78 is 11.2. The van der Waals surface area contributed by atoms with Gasteiger partial charge < -0.3 is 19.0 Å². The highest BCUT2D eigenvalue weighted by atomic mass is 35.5. The molecule has 2 aliphatic rings. The van der Waals surface area contributed by atoms with Crippen molar-refractivity contribution in [2.75, 3.05) is 19.7 Å². The maximum Gasteiger partial charge on any atom is 0.254 e. The van der Waals surface area contributed by atoms with Crippen LogP contribution in [0.25, 0.3) is 0 Å². The van der Waals surface area contributed by atoms with Crippen LogP contribution in [0.5, 0.6) is 0 Å². The van der Waals surface area contributed by atoms with Crippen LogP contribution >= 0.6 is 11.6 Å². The van der Waals surface area contributed by atoms with Gasteiger partial charge in [0.05, 0.1) is 18.9 Å². The summed E-state index contributed by atoms with van der Waals surface area (Å²) in [4.78, 5) is 29.7. The molecule has 4 rings (SSSR count). The first-order valence-electron chi connectivity index (χ1n) is 10.1. The number of amides is 2. The van der Waals surface area contributed by atoms with Gasteiger partial charge in [-0.05, 0) is 56.0 Å². The lowest BCUT2D eigenvalue weighted by Crippen LogP contribution is -2.45. The number of benzene rings is 1. The first kappa shape index (κ1) is 20.0. The zero-order valence-electron chi connectivity index (χ0n) is 16.3. The average Bonchev–Trinajstić information content (AvgIpc) is 3.18. The van der Waals surface area contributed by atoms with Crippen LogP contribution in [0.15, 0.2) is 47.1 Å². The molecule has 1 aliphatic heterocycles. The van der Waals surface area contributed by atoms with E-state index in [1.807, 2.05) is 12.1 Å². The van der Waals surface area contributed by atoms with Crippen LogP contribution in [0.1, 0.15) is 41.8 Å². The summed E-state index contributed by atoms with van der Waals surface area (Å²) in [5, 5.41) is 0.510. The average molecular weight is 417 g/mol. The lowest BCUT2D eigenvalue weighted by atomic mass is 10.2. The summed E-state index contributed by atoms with van der Waals surface area (Å²) in [6.07, 6.45) is 5.42. The first-order chi connectivity index (χ1) is 14.1. The fourth-order valence-electron chi connectivity index (χ4n) is 3.67. The molecule has 1 aromatic heterocycles. The molecule has 6 nitrogen and oxygen atoms in total. The molecule has 2 aromatic rings. The van der Waals surface area contributed by atoms with Crippen molar-refractivity contribution in [1.29, 1.82) is 0 Å². The van der Waals surface area contributed by atoms with Gasteiger partial charge >= 0.3 is 0 Å². The molecule has 1 saturated heterocycles. The van der Waals surface area contributed by atoms with Crippen LogP contribution in [-0.2, 0) is 16.1 Å². The number of carbonyl (C=O) groups is 2. The van der Waals surface area contributed by atoms with Gasteiger partial charge in [0, 0.05) is 29.8 Å². The molecular formula is C22H25ClN2O4. The molecule has 0 radical (unpaired) electrons. The van der Waals surface area contributed by atoms with Gasteiger partial charge in [-0.3, -0.25) is 9.59 Å². The van der Waals surface area contributed by atoms with Gasteiger partial charge in [-0.1, -0.05) is 17.7 Å². The highest BCUT2D eigenvalue weighted by Gasteiger charge is 2.36. The van der Waals surface area contributed by atoms with Crippen molar-refractivity contribution < 1.29 is 18.7 Å². The zero-order valence-corrected chi connectivity index (χ0v) is 17.0. The highest BCUT2D eigenvalue weighted by Crippen LogP contribution is 2.29. The predicted octanol–water partition coefficient (Wildman–Crippen LogP) is 3.75. The maximum atomic E-state index is 13.2.